The standard InChI is InChI=1S/C22H26ClN3O3/c23-20-4-2-1-3-19(20)22(29)25-14-21(28)24-13-16-5-7-17(8-6-16)15-26-11-9-18(27)10-12-26/h1-8,18,27H,9-15H2,(H,24,28)(H,25,29). The Hall–Kier alpha value is -2.41. The van der Waals surface area contributed by atoms with E-state index in [0.29, 0.717) is 17.1 Å². The highest BCUT2D eigenvalue weighted by Gasteiger charge is 2.16. The summed E-state index contributed by atoms with van der Waals surface area (Å²) in [5.74, 6) is -0.637. The van der Waals surface area contributed by atoms with Crippen LogP contribution >= 0.6 is 11.6 Å². The molecule has 0 atom stereocenters. The molecule has 7 heteroatoms. The fraction of sp³-hybridized carbons (Fsp3) is 0.364. The summed E-state index contributed by atoms with van der Waals surface area (Å²) in [4.78, 5) is 26.4. The van der Waals surface area contributed by atoms with Crippen molar-refractivity contribution in [2.45, 2.75) is 32.0 Å². The lowest BCUT2D eigenvalue weighted by atomic mass is 10.1. The first-order valence-electron chi connectivity index (χ1n) is 9.79. The van der Waals surface area contributed by atoms with Crippen LogP contribution in [0.15, 0.2) is 48.5 Å². The predicted octanol–water partition coefficient (Wildman–Crippen LogP) is 2.34. The minimum atomic E-state index is -0.375. The third kappa shape index (κ3) is 6.56. The minimum Gasteiger partial charge on any atom is -0.393 e. The van der Waals surface area contributed by atoms with Crippen LogP contribution in [0.1, 0.15) is 34.3 Å². The van der Waals surface area contributed by atoms with Crippen LogP contribution in [0.25, 0.3) is 0 Å². The van der Waals surface area contributed by atoms with E-state index in [-0.39, 0.29) is 24.5 Å². The Morgan fingerprint density at radius 1 is 1.00 bits per heavy atom. The first-order chi connectivity index (χ1) is 14.0. The van der Waals surface area contributed by atoms with Gasteiger partial charge in [0.2, 0.25) is 5.91 Å². The molecule has 0 unspecified atom stereocenters. The van der Waals surface area contributed by atoms with E-state index in [2.05, 4.69) is 27.7 Å². The van der Waals surface area contributed by atoms with Crippen molar-refractivity contribution in [2.24, 2.45) is 0 Å². The average Bonchev–Trinajstić information content (AvgIpc) is 2.73. The topological polar surface area (TPSA) is 81.7 Å². The van der Waals surface area contributed by atoms with Crippen LogP contribution in [0, 0.1) is 0 Å². The maximum atomic E-state index is 12.1. The van der Waals surface area contributed by atoms with Crippen LogP contribution in [0.4, 0.5) is 0 Å². The molecular weight excluding hydrogens is 390 g/mol. The number of carbonyl (C=O) groups is 2. The number of hydrogen-bond donors (Lipinski definition) is 3. The second kappa shape index (κ2) is 10.4. The number of carbonyl (C=O) groups excluding carboxylic acids is 2. The zero-order valence-corrected chi connectivity index (χ0v) is 17.0. The van der Waals surface area contributed by atoms with E-state index < -0.39 is 0 Å². The predicted molar refractivity (Wildman–Crippen MR) is 113 cm³/mol. The van der Waals surface area contributed by atoms with Gasteiger partial charge >= 0.3 is 0 Å². The van der Waals surface area contributed by atoms with Gasteiger partial charge in [0.15, 0.2) is 0 Å². The molecule has 2 amide bonds. The van der Waals surface area contributed by atoms with E-state index in [1.54, 1.807) is 24.3 Å². The van der Waals surface area contributed by atoms with Crippen molar-refractivity contribution in [1.82, 2.24) is 15.5 Å². The zero-order chi connectivity index (χ0) is 20.6. The molecule has 3 rings (SSSR count). The van der Waals surface area contributed by atoms with Gasteiger partial charge in [-0.15, -0.1) is 0 Å². The molecule has 0 aliphatic carbocycles. The van der Waals surface area contributed by atoms with Crippen molar-refractivity contribution >= 4 is 23.4 Å². The Morgan fingerprint density at radius 2 is 1.66 bits per heavy atom. The molecule has 0 saturated carbocycles. The van der Waals surface area contributed by atoms with Gasteiger partial charge in [-0.05, 0) is 36.1 Å². The third-order valence-electron chi connectivity index (χ3n) is 5.00. The summed E-state index contributed by atoms with van der Waals surface area (Å²) in [6.45, 7) is 2.99. The summed E-state index contributed by atoms with van der Waals surface area (Å²) in [5, 5.41) is 15.3. The fourth-order valence-electron chi connectivity index (χ4n) is 3.26. The summed E-state index contributed by atoms with van der Waals surface area (Å²) < 4.78 is 0. The number of likely N-dealkylation sites (tertiary alicyclic amines) is 1. The highest BCUT2D eigenvalue weighted by molar-refractivity contribution is 6.33. The lowest BCUT2D eigenvalue weighted by Crippen LogP contribution is -2.36. The number of piperidine rings is 1. The second-order valence-electron chi connectivity index (χ2n) is 7.26. The first kappa shape index (κ1) is 21.3. The van der Waals surface area contributed by atoms with Gasteiger partial charge in [0.1, 0.15) is 0 Å². The molecule has 1 saturated heterocycles. The van der Waals surface area contributed by atoms with Crippen LogP contribution in [0.2, 0.25) is 5.02 Å². The number of benzene rings is 2. The van der Waals surface area contributed by atoms with E-state index in [4.69, 9.17) is 11.6 Å². The SMILES string of the molecule is O=C(CNC(=O)c1ccccc1Cl)NCc1ccc(CN2CCC(O)CC2)cc1. The van der Waals surface area contributed by atoms with Crippen molar-refractivity contribution in [3.8, 4) is 0 Å². The Labute approximate surface area is 175 Å². The summed E-state index contributed by atoms with van der Waals surface area (Å²) in [7, 11) is 0. The Morgan fingerprint density at radius 3 is 2.34 bits per heavy atom. The summed E-state index contributed by atoms with van der Waals surface area (Å²) in [5.41, 5.74) is 2.55. The van der Waals surface area contributed by atoms with Gasteiger partial charge < -0.3 is 15.7 Å². The zero-order valence-electron chi connectivity index (χ0n) is 16.2. The number of nitrogens with one attached hydrogen (secondary N) is 2. The van der Waals surface area contributed by atoms with E-state index in [9.17, 15) is 14.7 Å². The molecule has 154 valence electrons. The van der Waals surface area contributed by atoms with Crippen molar-refractivity contribution in [1.29, 1.82) is 0 Å². The molecule has 0 radical (unpaired) electrons. The molecular formula is C22H26ClN3O3. The number of rotatable bonds is 7. The smallest absolute Gasteiger partial charge is 0.253 e. The molecule has 1 heterocycles. The molecule has 1 aliphatic rings. The van der Waals surface area contributed by atoms with Crippen LogP contribution in [0.5, 0.6) is 0 Å². The lowest BCUT2D eigenvalue weighted by Gasteiger charge is -2.29. The van der Waals surface area contributed by atoms with Crippen LogP contribution in [-0.4, -0.2) is 47.6 Å². The van der Waals surface area contributed by atoms with Crippen molar-refractivity contribution in [3.63, 3.8) is 0 Å². The van der Waals surface area contributed by atoms with Gasteiger partial charge in [-0.25, -0.2) is 0 Å². The molecule has 1 fully saturated rings. The normalized spacial score (nSPS) is 15.1. The minimum absolute atomic E-state index is 0.108. The highest BCUT2D eigenvalue weighted by Crippen LogP contribution is 2.15. The molecule has 0 bridgehead atoms. The molecule has 0 aromatic heterocycles. The number of aliphatic hydroxyl groups excluding tert-OH is 1. The Kier molecular flexibility index (Phi) is 7.63. The van der Waals surface area contributed by atoms with Crippen LogP contribution in [0.3, 0.4) is 0 Å². The number of aliphatic hydroxyl groups is 1. The largest absolute Gasteiger partial charge is 0.393 e. The van der Waals surface area contributed by atoms with Crippen molar-refractivity contribution in [3.05, 3.63) is 70.2 Å². The lowest BCUT2D eigenvalue weighted by molar-refractivity contribution is -0.120. The molecule has 2 aromatic carbocycles. The van der Waals surface area contributed by atoms with Gasteiger partial charge in [-0.2, -0.15) is 0 Å². The number of hydrogen-bond acceptors (Lipinski definition) is 4. The summed E-state index contributed by atoms with van der Waals surface area (Å²) >= 11 is 5.98. The maximum Gasteiger partial charge on any atom is 0.253 e. The van der Waals surface area contributed by atoms with E-state index >= 15 is 0 Å². The highest BCUT2D eigenvalue weighted by atomic mass is 35.5. The Balaban J connectivity index is 1.40. The van der Waals surface area contributed by atoms with Crippen molar-refractivity contribution in [2.75, 3.05) is 19.6 Å². The average molecular weight is 416 g/mol. The Bertz CT molecular complexity index is 833. The number of halogens is 1. The second-order valence-corrected chi connectivity index (χ2v) is 7.67. The van der Waals surface area contributed by atoms with E-state index in [0.717, 1.165) is 38.0 Å². The van der Waals surface area contributed by atoms with Crippen LogP contribution < -0.4 is 10.6 Å². The monoisotopic (exact) mass is 415 g/mol. The van der Waals surface area contributed by atoms with Gasteiger partial charge in [-0.3, -0.25) is 14.5 Å². The number of nitrogens with zero attached hydrogens (tertiary/aromatic N) is 1. The quantitative estimate of drug-likeness (QED) is 0.648. The van der Waals surface area contributed by atoms with Gasteiger partial charge in [0, 0.05) is 26.2 Å². The summed E-state index contributed by atoms with van der Waals surface area (Å²) in [6.07, 6.45) is 1.50. The fourth-order valence-corrected chi connectivity index (χ4v) is 3.48. The maximum absolute atomic E-state index is 12.1. The first-order valence-corrected chi connectivity index (χ1v) is 10.2. The third-order valence-corrected chi connectivity index (χ3v) is 5.33. The van der Waals surface area contributed by atoms with Gasteiger partial charge in [-0.1, -0.05) is 48.0 Å². The number of amides is 2. The molecule has 6 nitrogen and oxygen atoms in total. The summed E-state index contributed by atoms with van der Waals surface area (Å²) in [6, 6.07) is 14.8. The molecule has 1 aliphatic heterocycles. The van der Waals surface area contributed by atoms with Crippen LogP contribution in [-0.2, 0) is 17.9 Å². The van der Waals surface area contributed by atoms with Crippen molar-refractivity contribution < 1.29 is 14.7 Å². The van der Waals surface area contributed by atoms with Gasteiger partial charge in [0.05, 0.1) is 23.2 Å². The van der Waals surface area contributed by atoms with E-state index in [1.807, 2.05) is 12.1 Å². The van der Waals surface area contributed by atoms with Gasteiger partial charge in [0.25, 0.3) is 5.91 Å². The molecule has 29 heavy (non-hydrogen) atoms. The molecule has 3 N–H and O–H groups in total. The van der Waals surface area contributed by atoms with E-state index in [1.165, 1.54) is 5.56 Å². The molecule has 2 aromatic rings. The molecule has 0 spiro atoms.